The van der Waals surface area contributed by atoms with Crippen LogP contribution in [0.1, 0.15) is 33.4 Å². The molecule has 0 fully saturated rings. The zero-order valence-electron chi connectivity index (χ0n) is 28.9. The molecule has 0 spiro atoms. The summed E-state index contributed by atoms with van der Waals surface area (Å²) in [4.78, 5) is 0. The van der Waals surface area contributed by atoms with Gasteiger partial charge in [-0.3, -0.25) is 0 Å². The van der Waals surface area contributed by atoms with Crippen LogP contribution in [0.3, 0.4) is 0 Å². The minimum absolute atomic E-state index is 1.22. The van der Waals surface area contributed by atoms with Gasteiger partial charge < -0.3 is 0 Å². The van der Waals surface area contributed by atoms with Gasteiger partial charge in [0.1, 0.15) is 0 Å². The van der Waals surface area contributed by atoms with Crippen LogP contribution in [-0.4, -0.2) is 0 Å². The van der Waals surface area contributed by atoms with Crippen LogP contribution in [0.4, 0.5) is 0 Å². The average Bonchev–Trinajstić information content (AvgIpc) is 3.08. The van der Waals surface area contributed by atoms with E-state index in [1.165, 1.54) is 100 Å². The average molecular weight is 619 g/mol. The lowest BCUT2D eigenvalue weighted by molar-refractivity contribution is 1.38. The van der Waals surface area contributed by atoms with E-state index in [0.717, 1.165) is 0 Å². The van der Waals surface area contributed by atoms with E-state index in [9.17, 15) is 0 Å². The Bertz CT molecular complexity index is 2090. The highest BCUT2D eigenvalue weighted by Crippen LogP contribution is 2.45. The zero-order chi connectivity index (χ0) is 33.4. The van der Waals surface area contributed by atoms with Crippen LogP contribution in [-0.2, 0) is 0 Å². The van der Waals surface area contributed by atoms with E-state index in [1.807, 2.05) is 0 Å². The van der Waals surface area contributed by atoms with Crippen molar-refractivity contribution in [3.63, 3.8) is 0 Å². The molecule has 0 amide bonds. The molecular formula is C48H42. The van der Waals surface area contributed by atoms with Gasteiger partial charge in [-0.2, -0.15) is 0 Å². The standard InChI is InChI=1S/C48H42/c1-31-15-7-9-25-41(31)45-29-44(38-22-14-24-40(28-38)48-35(5)19-12-20-36(48)6)46(42-26-10-8-16-32(42)2)30-43(45)37-21-13-23-39(27-37)47-33(3)17-11-18-34(47)4/h7-30H,1-6H3. The van der Waals surface area contributed by atoms with Crippen molar-refractivity contribution >= 4 is 0 Å². The molecule has 0 heterocycles. The predicted octanol–water partition coefficient (Wildman–Crippen LogP) is 13.5. The van der Waals surface area contributed by atoms with Gasteiger partial charge in [0.05, 0.1) is 0 Å². The summed E-state index contributed by atoms with van der Waals surface area (Å²) in [5.74, 6) is 0. The summed E-state index contributed by atoms with van der Waals surface area (Å²) in [7, 11) is 0. The van der Waals surface area contributed by atoms with Crippen molar-refractivity contribution in [3.8, 4) is 66.8 Å². The molecule has 0 saturated carbocycles. The smallest absolute Gasteiger partial charge is 0.00961 e. The van der Waals surface area contributed by atoms with Gasteiger partial charge in [0.15, 0.2) is 0 Å². The van der Waals surface area contributed by atoms with Crippen LogP contribution in [0.15, 0.2) is 146 Å². The predicted molar refractivity (Wildman–Crippen MR) is 207 cm³/mol. The van der Waals surface area contributed by atoms with Crippen LogP contribution in [0.5, 0.6) is 0 Å². The fraction of sp³-hybridized carbons (Fsp3) is 0.125. The summed E-state index contributed by atoms with van der Waals surface area (Å²) in [6.07, 6.45) is 0. The monoisotopic (exact) mass is 618 g/mol. The highest BCUT2D eigenvalue weighted by molar-refractivity contribution is 5.97. The largest absolute Gasteiger partial charge is 0.0620 e. The molecule has 0 aromatic heterocycles. The van der Waals surface area contributed by atoms with Gasteiger partial charge in [-0.05, 0) is 166 Å². The first-order valence-corrected chi connectivity index (χ1v) is 16.9. The van der Waals surface area contributed by atoms with Crippen molar-refractivity contribution < 1.29 is 0 Å². The molecule has 0 aliphatic carbocycles. The molecule has 0 bridgehead atoms. The van der Waals surface area contributed by atoms with Crippen molar-refractivity contribution in [1.82, 2.24) is 0 Å². The fourth-order valence-corrected chi connectivity index (χ4v) is 7.50. The van der Waals surface area contributed by atoms with Gasteiger partial charge in [-0.1, -0.05) is 121 Å². The first-order chi connectivity index (χ1) is 23.3. The quantitative estimate of drug-likeness (QED) is 0.174. The van der Waals surface area contributed by atoms with E-state index in [2.05, 4.69) is 187 Å². The molecule has 0 atom stereocenters. The summed E-state index contributed by atoms with van der Waals surface area (Å²) in [6, 6.07) is 53.9. The SMILES string of the molecule is Cc1ccccc1-c1cc(-c2cccc(-c3c(C)cccc3C)c2)c(-c2ccccc2C)cc1-c1cccc(-c2c(C)cccc2C)c1. The molecule has 0 saturated heterocycles. The summed E-state index contributed by atoms with van der Waals surface area (Å²) >= 11 is 0. The molecule has 48 heavy (non-hydrogen) atoms. The van der Waals surface area contributed by atoms with Crippen LogP contribution < -0.4 is 0 Å². The first-order valence-electron chi connectivity index (χ1n) is 16.9. The first kappa shape index (κ1) is 31.2. The highest BCUT2D eigenvalue weighted by atomic mass is 14.2. The Balaban J connectivity index is 1.54. The third-order valence-corrected chi connectivity index (χ3v) is 9.91. The Labute approximate surface area is 286 Å². The summed E-state index contributed by atoms with van der Waals surface area (Å²) in [5.41, 5.74) is 22.8. The Morgan fingerprint density at radius 3 is 0.917 bits per heavy atom. The summed E-state index contributed by atoms with van der Waals surface area (Å²) in [5, 5.41) is 0. The molecule has 7 rings (SSSR count). The third-order valence-electron chi connectivity index (χ3n) is 9.91. The van der Waals surface area contributed by atoms with Gasteiger partial charge in [-0.25, -0.2) is 0 Å². The van der Waals surface area contributed by atoms with Crippen molar-refractivity contribution in [2.75, 3.05) is 0 Å². The number of aryl methyl sites for hydroxylation is 6. The van der Waals surface area contributed by atoms with E-state index in [1.54, 1.807) is 0 Å². The number of benzene rings is 7. The maximum atomic E-state index is 2.45. The lowest BCUT2D eigenvalue weighted by Crippen LogP contribution is -1.96. The van der Waals surface area contributed by atoms with Gasteiger partial charge >= 0.3 is 0 Å². The summed E-state index contributed by atoms with van der Waals surface area (Å²) in [6.45, 7) is 13.3. The second kappa shape index (κ2) is 13.0. The molecule has 0 N–H and O–H groups in total. The minimum atomic E-state index is 1.22. The van der Waals surface area contributed by atoms with Gasteiger partial charge in [0, 0.05) is 0 Å². The van der Waals surface area contributed by atoms with Gasteiger partial charge in [0.2, 0.25) is 0 Å². The van der Waals surface area contributed by atoms with E-state index in [4.69, 9.17) is 0 Å². The van der Waals surface area contributed by atoms with Crippen molar-refractivity contribution in [1.29, 1.82) is 0 Å². The van der Waals surface area contributed by atoms with E-state index in [0.29, 0.717) is 0 Å². The molecule has 7 aromatic rings. The molecule has 0 heteroatoms. The fourth-order valence-electron chi connectivity index (χ4n) is 7.50. The molecule has 0 unspecified atom stereocenters. The minimum Gasteiger partial charge on any atom is -0.0620 e. The maximum absolute atomic E-state index is 2.45. The van der Waals surface area contributed by atoms with Gasteiger partial charge in [-0.15, -0.1) is 0 Å². The topological polar surface area (TPSA) is 0 Å². The van der Waals surface area contributed by atoms with E-state index < -0.39 is 0 Å². The maximum Gasteiger partial charge on any atom is -0.00961 e. The van der Waals surface area contributed by atoms with Crippen molar-refractivity contribution in [2.24, 2.45) is 0 Å². The number of hydrogen-bond donors (Lipinski definition) is 0. The van der Waals surface area contributed by atoms with Gasteiger partial charge in [0.25, 0.3) is 0 Å². The summed E-state index contributed by atoms with van der Waals surface area (Å²) < 4.78 is 0. The van der Waals surface area contributed by atoms with Crippen LogP contribution in [0.25, 0.3) is 66.8 Å². The molecule has 7 aromatic carbocycles. The molecule has 0 nitrogen and oxygen atoms in total. The Morgan fingerprint density at radius 1 is 0.229 bits per heavy atom. The number of rotatable bonds is 6. The Morgan fingerprint density at radius 2 is 0.542 bits per heavy atom. The van der Waals surface area contributed by atoms with Crippen LogP contribution in [0, 0.1) is 41.5 Å². The second-order valence-electron chi connectivity index (χ2n) is 13.3. The second-order valence-corrected chi connectivity index (χ2v) is 13.3. The molecule has 234 valence electrons. The van der Waals surface area contributed by atoms with E-state index in [-0.39, 0.29) is 0 Å². The molecule has 0 aliphatic heterocycles. The lowest BCUT2D eigenvalue weighted by atomic mass is 9.82. The molecule has 0 aliphatic rings. The highest BCUT2D eigenvalue weighted by Gasteiger charge is 2.19. The van der Waals surface area contributed by atoms with Crippen molar-refractivity contribution in [2.45, 2.75) is 41.5 Å². The van der Waals surface area contributed by atoms with E-state index >= 15 is 0 Å². The molecule has 0 radical (unpaired) electrons. The Hall–Kier alpha value is -5.46. The Kier molecular flexibility index (Phi) is 8.42. The molecular weight excluding hydrogens is 577 g/mol. The normalized spacial score (nSPS) is 11.1. The van der Waals surface area contributed by atoms with Crippen LogP contribution in [0.2, 0.25) is 0 Å². The lowest BCUT2D eigenvalue weighted by Gasteiger charge is -2.21. The van der Waals surface area contributed by atoms with Crippen LogP contribution >= 0.6 is 0 Å². The zero-order valence-corrected chi connectivity index (χ0v) is 28.9. The van der Waals surface area contributed by atoms with Crippen molar-refractivity contribution in [3.05, 3.63) is 179 Å². The number of hydrogen-bond acceptors (Lipinski definition) is 0. The third kappa shape index (κ3) is 5.80.